The van der Waals surface area contributed by atoms with Crippen molar-refractivity contribution < 1.29 is 32.7 Å². The van der Waals surface area contributed by atoms with E-state index in [0.29, 0.717) is 28.2 Å². The first-order valence-corrected chi connectivity index (χ1v) is 20.7. The molecule has 50 heavy (non-hydrogen) atoms. The van der Waals surface area contributed by atoms with Crippen LogP contribution in [0.5, 0.6) is 11.5 Å². The number of aliphatic hydroxyl groups is 2. The molecule has 6 unspecified atom stereocenters. The highest BCUT2D eigenvalue weighted by Gasteiger charge is 2.39. The first-order valence-electron chi connectivity index (χ1n) is 14.9. The molecule has 0 aliphatic carbocycles. The number of nitrogens with zero attached hydrogens (tertiary/aromatic N) is 3. The zero-order chi connectivity index (χ0) is 38.4. The van der Waals surface area contributed by atoms with Crippen LogP contribution >= 0.6 is 34.8 Å². The Morgan fingerprint density at radius 2 is 1.22 bits per heavy atom. The van der Waals surface area contributed by atoms with Gasteiger partial charge in [0.1, 0.15) is 33.6 Å². The highest BCUT2D eigenvalue weighted by molar-refractivity contribution is 7.82. The fourth-order valence-electron chi connectivity index (χ4n) is 5.21. The van der Waals surface area contributed by atoms with Crippen molar-refractivity contribution in [2.45, 2.75) is 65.1 Å². The summed E-state index contributed by atoms with van der Waals surface area (Å²) in [5.41, 5.74) is 2.65. The Morgan fingerprint density at radius 3 is 1.70 bits per heavy atom. The monoisotopic (exact) mass is 814 g/mol. The maximum absolute atomic E-state index is 11.3. The van der Waals surface area contributed by atoms with Crippen molar-refractivity contribution in [1.29, 1.82) is 0 Å². The summed E-state index contributed by atoms with van der Waals surface area (Å²) in [5, 5.41) is 29.9. The van der Waals surface area contributed by atoms with Gasteiger partial charge in [-0.15, -0.1) is 0 Å². The third kappa shape index (κ3) is 11.3. The van der Waals surface area contributed by atoms with E-state index in [1.807, 2.05) is 27.7 Å². The highest BCUT2D eigenvalue weighted by Crippen LogP contribution is 2.40. The van der Waals surface area contributed by atoms with Gasteiger partial charge in [-0.25, -0.2) is 41.7 Å². The zero-order valence-electron chi connectivity index (χ0n) is 29.5. The molecule has 0 fully saturated rings. The number of hydrogen-bond donors (Lipinski definition) is 6. The molecule has 3 aromatic rings. The molecule has 6 atom stereocenters. The summed E-state index contributed by atoms with van der Waals surface area (Å²) in [7, 11) is -3.68. The van der Waals surface area contributed by atoms with Crippen LogP contribution in [0.15, 0.2) is 18.2 Å². The first-order chi connectivity index (χ1) is 23.0. The molecule has 0 bridgehead atoms. The second-order valence-corrected chi connectivity index (χ2v) is 16.8. The lowest BCUT2D eigenvalue weighted by molar-refractivity contribution is 0.194. The Hall–Kier alpha value is -1.83. The maximum atomic E-state index is 11.3. The van der Waals surface area contributed by atoms with Crippen molar-refractivity contribution >= 4 is 67.8 Å². The van der Waals surface area contributed by atoms with Crippen LogP contribution in [0.1, 0.15) is 60.1 Å². The van der Waals surface area contributed by atoms with Crippen molar-refractivity contribution in [1.82, 2.24) is 29.1 Å². The van der Waals surface area contributed by atoms with Crippen LogP contribution in [0, 0.1) is 27.7 Å². The van der Waals surface area contributed by atoms with E-state index in [0.717, 1.165) is 33.8 Å². The van der Waals surface area contributed by atoms with Gasteiger partial charge < -0.3 is 20.1 Å². The van der Waals surface area contributed by atoms with Crippen molar-refractivity contribution in [3.8, 4) is 11.5 Å². The molecule has 0 saturated heterocycles. The number of aliphatic hydroxyl groups excluding tert-OH is 2. The zero-order valence-corrected chi connectivity index (χ0v) is 34.2. The largest absolute Gasteiger partial charge is 0.506 e. The van der Waals surface area contributed by atoms with E-state index in [1.165, 1.54) is 18.6 Å². The number of aryl methyl sites for hydroxylation is 3. The van der Waals surface area contributed by atoms with E-state index in [9.17, 15) is 27.9 Å². The van der Waals surface area contributed by atoms with Gasteiger partial charge in [0, 0.05) is 35.6 Å². The number of aromatic hydroxyl groups is 1. The molecule has 280 valence electrons. The minimum Gasteiger partial charge on any atom is -0.506 e. The second kappa shape index (κ2) is 18.3. The molecule has 0 radical (unpaired) electrons. The molecule has 3 aromatic heterocycles. The number of nitrogens with one attached hydrogen (secondary N) is 3. The lowest BCUT2D eigenvalue weighted by atomic mass is 9.90. The predicted octanol–water partition coefficient (Wildman–Crippen LogP) is 3.82. The fourth-order valence-corrected chi connectivity index (χ4v) is 8.34. The van der Waals surface area contributed by atoms with Gasteiger partial charge in [0.25, 0.3) is 0 Å². The summed E-state index contributed by atoms with van der Waals surface area (Å²) in [6, 6.07) is 4.90. The average molecular weight is 816 g/mol. The van der Waals surface area contributed by atoms with Gasteiger partial charge in [-0.1, -0.05) is 34.8 Å². The Kier molecular flexibility index (Phi) is 16.2. The number of halogens is 3. The van der Waals surface area contributed by atoms with Crippen LogP contribution in [0.3, 0.4) is 0 Å². The lowest BCUT2D eigenvalue weighted by Gasteiger charge is -2.30. The molecule has 13 nitrogen and oxygen atoms in total. The molecular weight excluding hydrogens is 771 g/mol. The van der Waals surface area contributed by atoms with Crippen molar-refractivity contribution in [3.63, 3.8) is 0 Å². The van der Waals surface area contributed by atoms with Crippen molar-refractivity contribution in [2.24, 2.45) is 0 Å². The Bertz CT molecular complexity index is 1690. The quantitative estimate of drug-likeness (QED) is 0.164. The normalized spacial score (nSPS) is 19.3. The Labute approximate surface area is 316 Å². The second-order valence-electron chi connectivity index (χ2n) is 12.3. The maximum Gasteiger partial charge on any atom is 0.145 e. The minimum atomic E-state index is -1.34. The Morgan fingerprint density at radius 1 is 0.780 bits per heavy atom. The first kappa shape index (κ1) is 44.3. The number of aromatic nitrogens is 3. The summed E-state index contributed by atoms with van der Waals surface area (Å²) < 4.78 is 47.9. The van der Waals surface area contributed by atoms with E-state index in [2.05, 4.69) is 29.1 Å². The number of fused-ring (bicyclic) bond motifs is 1. The molecule has 0 saturated carbocycles. The lowest BCUT2D eigenvalue weighted by Crippen LogP contribution is -2.44. The van der Waals surface area contributed by atoms with Crippen molar-refractivity contribution in [3.05, 3.63) is 73.0 Å². The average Bonchev–Trinajstić information content (AvgIpc) is 3.31. The molecule has 0 aromatic carbocycles. The molecular formula is C31H45Cl3N6O7S3. The van der Waals surface area contributed by atoms with Gasteiger partial charge in [-0.3, -0.25) is 0 Å². The third-order valence-corrected chi connectivity index (χ3v) is 10.6. The molecule has 19 heteroatoms. The predicted molar refractivity (Wildman–Crippen MR) is 202 cm³/mol. The summed E-state index contributed by atoms with van der Waals surface area (Å²) >= 11 is 17.7. The molecule has 0 amide bonds. The number of rotatable bonds is 10. The van der Waals surface area contributed by atoms with Gasteiger partial charge in [0.2, 0.25) is 0 Å². The van der Waals surface area contributed by atoms with Crippen LogP contribution in [0.25, 0.3) is 0 Å². The number of pyridine rings is 3. The summed E-state index contributed by atoms with van der Waals surface area (Å²) in [4.78, 5) is 12.2. The standard InChI is InChI=1S/C11H17ClN2O2S.C10H15ClN2O3S.C10H13ClN2O2S/c1-7-8(2)13-10(12)5-9(7)11(3,6-15)14-17(4)16;1-6-9(15)7(4-8(11)12-6)10(2,5-14)13-17(3)16;1-6-9-7(4-8(11)12-6)10(2,5-15-9)13-16(3)14/h5,14-15H,6H2,1-4H3;4,13-15H,5H2,1-3H3;4,13H,5H2,1-3H3. The topological polar surface area (TPSA) is 196 Å². The molecule has 6 N–H and O–H groups in total. The minimum absolute atomic E-state index is 0.0658. The van der Waals surface area contributed by atoms with E-state index < -0.39 is 49.6 Å². The summed E-state index contributed by atoms with van der Waals surface area (Å²) in [6.45, 7) is 12.5. The number of ether oxygens (including phenoxy) is 1. The molecule has 4 heterocycles. The molecule has 1 aliphatic heterocycles. The van der Waals surface area contributed by atoms with E-state index in [-0.39, 0.29) is 24.1 Å². The van der Waals surface area contributed by atoms with Gasteiger partial charge in [-0.05, 0) is 77.8 Å². The van der Waals surface area contributed by atoms with Crippen LogP contribution in [-0.2, 0) is 49.6 Å². The van der Waals surface area contributed by atoms with Crippen LogP contribution in [-0.4, -0.2) is 81.5 Å². The fraction of sp³-hybridized carbons (Fsp3) is 0.516. The SMILES string of the molecule is Cc1nc(Cl)cc(C(C)(CO)NS(C)=O)c1C.Cc1nc(Cl)cc(C(C)(CO)NS(C)=O)c1O.Cc1nc(Cl)cc2c1OCC2(C)NS(C)=O. The van der Waals surface area contributed by atoms with Gasteiger partial charge in [-0.2, -0.15) is 0 Å². The highest BCUT2D eigenvalue weighted by atomic mass is 35.5. The van der Waals surface area contributed by atoms with Crippen molar-refractivity contribution in [2.75, 3.05) is 38.6 Å². The third-order valence-electron chi connectivity index (χ3n) is 7.76. The number of hydrogen-bond acceptors (Lipinski definition) is 10. The van der Waals surface area contributed by atoms with Gasteiger partial charge in [0.05, 0.1) is 74.2 Å². The smallest absolute Gasteiger partial charge is 0.145 e. The van der Waals surface area contributed by atoms with E-state index >= 15 is 0 Å². The van der Waals surface area contributed by atoms with Gasteiger partial charge in [0.15, 0.2) is 0 Å². The van der Waals surface area contributed by atoms with E-state index in [1.54, 1.807) is 39.2 Å². The van der Waals surface area contributed by atoms with Crippen LogP contribution in [0.2, 0.25) is 15.5 Å². The molecule has 4 rings (SSSR count). The van der Waals surface area contributed by atoms with E-state index in [4.69, 9.17) is 39.5 Å². The Balaban J connectivity index is 0.000000260. The summed E-state index contributed by atoms with van der Waals surface area (Å²) in [6.07, 6.45) is 4.57. The van der Waals surface area contributed by atoms with Crippen LogP contribution in [0.4, 0.5) is 0 Å². The molecule has 1 aliphatic rings. The summed E-state index contributed by atoms with van der Waals surface area (Å²) in [5.74, 6) is 0.675. The van der Waals surface area contributed by atoms with Crippen LogP contribution < -0.4 is 18.9 Å². The molecule has 0 spiro atoms. The van der Waals surface area contributed by atoms with Gasteiger partial charge >= 0.3 is 0 Å².